The third-order valence-corrected chi connectivity index (χ3v) is 3.42. The molecule has 104 valence electrons. The maximum Gasteiger partial charge on any atom is 0.159 e. The van der Waals surface area contributed by atoms with Crippen LogP contribution in [0.25, 0.3) is 22.5 Å². The molecule has 0 atom stereocenters. The number of aromatic nitrogens is 2. The maximum atomic E-state index is 13.3. The van der Waals surface area contributed by atoms with Crippen molar-refractivity contribution in [1.82, 2.24) is 9.97 Å². The Bertz CT molecular complexity index is 762. The van der Waals surface area contributed by atoms with Crippen LogP contribution in [0.5, 0.6) is 0 Å². The number of benzene rings is 2. The molecule has 0 fully saturated rings. The van der Waals surface area contributed by atoms with Gasteiger partial charge in [-0.15, -0.1) is 0 Å². The minimum Gasteiger partial charge on any atom is -0.236 e. The van der Waals surface area contributed by atoms with Crippen LogP contribution in [-0.4, -0.2) is 9.97 Å². The molecule has 0 aliphatic rings. The van der Waals surface area contributed by atoms with Crippen LogP contribution in [0.2, 0.25) is 0 Å². The van der Waals surface area contributed by atoms with Crippen molar-refractivity contribution in [3.05, 3.63) is 71.8 Å². The van der Waals surface area contributed by atoms with Crippen molar-refractivity contribution in [2.75, 3.05) is 0 Å². The molecule has 3 aromatic rings. The highest BCUT2D eigenvalue weighted by Crippen LogP contribution is 2.24. The molecule has 2 aromatic carbocycles. The number of hydrogen-bond acceptors (Lipinski definition) is 2. The molecule has 0 aliphatic carbocycles. The van der Waals surface area contributed by atoms with Crippen LogP contribution in [0.3, 0.4) is 0 Å². The molecule has 0 saturated heterocycles. The average molecular weight is 278 g/mol. The molecule has 0 bridgehead atoms. The zero-order valence-electron chi connectivity index (χ0n) is 12.0. The Morgan fingerprint density at radius 2 is 1.33 bits per heavy atom. The van der Waals surface area contributed by atoms with Gasteiger partial charge in [0.2, 0.25) is 0 Å². The predicted molar refractivity (Wildman–Crippen MR) is 82.3 cm³/mol. The molecule has 1 heterocycles. The van der Waals surface area contributed by atoms with Gasteiger partial charge in [0.25, 0.3) is 0 Å². The zero-order valence-corrected chi connectivity index (χ0v) is 12.0. The first kappa shape index (κ1) is 13.4. The Hall–Kier alpha value is -2.55. The second-order valence-electron chi connectivity index (χ2n) is 5.13. The molecule has 0 aliphatic heterocycles. The first-order valence-corrected chi connectivity index (χ1v) is 6.79. The summed E-state index contributed by atoms with van der Waals surface area (Å²) in [4.78, 5) is 8.63. The molecule has 3 heteroatoms. The van der Waals surface area contributed by atoms with Crippen LogP contribution in [-0.2, 0) is 0 Å². The van der Waals surface area contributed by atoms with Gasteiger partial charge in [-0.25, -0.2) is 14.4 Å². The first-order chi connectivity index (χ1) is 10.1. The van der Waals surface area contributed by atoms with Crippen molar-refractivity contribution in [2.24, 2.45) is 0 Å². The van der Waals surface area contributed by atoms with Gasteiger partial charge in [0, 0.05) is 18.0 Å². The number of halogens is 1. The van der Waals surface area contributed by atoms with Gasteiger partial charge in [-0.05, 0) is 48.2 Å². The number of aryl methyl sites for hydroxylation is 2. The number of hydrogen-bond donors (Lipinski definition) is 0. The monoisotopic (exact) mass is 278 g/mol. The minimum atomic E-state index is -0.177. The largest absolute Gasteiger partial charge is 0.236 e. The molecule has 1 aromatic heterocycles. The van der Waals surface area contributed by atoms with Crippen molar-refractivity contribution < 1.29 is 4.39 Å². The molecule has 0 spiro atoms. The summed E-state index contributed by atoms with van der Waals surface area (Å²) < 4.78 is 13.3. The lowest BCUT2D eigenvalue weighted by atomic mass is 10.0. The predicted octanol–water partition coefficient (Wildman–Crippen LogP) is 4.57. The maximum absolute atomic E-state index is 13.3. The fourth-order valence-electron chi connectivity index (χ4n) is 2.18. The van der Waals surface area contributed by atoms with Crippen LogP contribution in [0.4, 0.5) is 4.39 Å². The Kier molecular flexibility index (Phi) is 3.48. The second-order valence-corrected chi connectivity index (χ2v) is 5.13. The van der Waals surface area contributed by atoms with E-state index in [0.717, 1.165) is 22.3 Å². The molecule has 0 N–H and O–H groups in total. The Labute approximate surface area is 123 Å². The first-order valence-electron chi connectivity index (χ1n) is 6.79. The van der Waals surface area contributed by atoms with Crippen molar-refractivity contribution in [1.29, 1.82) is 0 Å². The van der Waals surface area contributed by atoms with Crippen LogP contribution in [0.15, 0.2) is 54.9 Å². The third-order valence-electron chi connectivity index (χ3n) is 3.42. The van der Waals surface area contributed by atoms with Crippen LogP contribution in [0.1, 0.15) is 11.1 Å². The Morgan fingerprint density at radius 1 is 0.762 bits per heavy atom. The standard InChI is InChI=1S/C18H15FN2/c1-12-10-20-18(21-11-12)15-5-3-14(4-6-15)16-7-8-17(19)13(2)9-16/h3-11H,1-2H3. The molecular weight excluding hydrogens is 263 g/mol. The summed E-state index contributed by atoms with van der Waals surface area (Å²) in [5.74, 6) is 0.533. The molecule has 0 radical (unpaired) electrons. The second kappa shape index (κ2) is 5.44. The van der Waals surface area contributed by atoms with E-state index in [1.165, 1.54) is 6.07 Å². The molecule has 0 saturated carbocycles. The summed E-state index contributed by atoms with van der Waals surface area (Å²) >= 11 is 0. The molecule has 3 rings (SSSR count). The van der Waals surface area contributed by atoms with E-state index in [1.807, 2.05) is 37.3 Å². The van der Waals surface area contributed by atoms with Gasteiger partial charge in [0.05, 0.1) is 0 Å². The summed E-state index contributed by atoms with van der Waals surface area (Å²) in [6, 6.07) is 13.1. The van der Waals surface area contributed by atoms with Gasteiger partial charge < -0.3 is 0 Å². The fraction of sp³-hybridized carbons (Fsp3) is 0.111. The van der Waals surface area contributed by atoms with Crippen LogP contribution in [0, 0.1) is 19.7 Å². The Morgan fingerprint density at radius 3 is 1.95 bits per heavy atom. The number of nitrogens with zero attached hydrogens (tertiary/aromatic N) is 2. The summed E-state index contributed by atoms with van der Waals surface area (Å²) in [6.07, 6.45) is 3.61. The summed E-state index contributed by atoms with van der Waals surface area (Å²) in [5, 5.41) is 0. The quantitative estimate of drug-likeness (QED) is 0.686. The highest BCUT2D eigenvalue weighted by Gasteiger charge is 2.04. The summed E-state index contributed by atoms with van der Waals surface area (Å²) in [7, 11) is 0. The van der Waals surface area contributed by atoms with E-state index in [4.69, 9.17) is 0 Å². The minimum absolute atomic E-state index is 0.177. The van der Waals surface area contributed by atoms with E-state index < -0.39 is 0 Å². The summed E-state index contributed by atoms with van der Waals surface area (Å²) in [6.45, 7) is 3.73. The third kappa shape index (κ3) is 2.82. The van der Waals surface area contributed by atoms with Gasteiger partial charge in [-0.1, -0.05) is 30.3 Å². The molecular formula is C18H15FN2. The van der Waals surface area contributed by atoms with Gasteiger partial charge >= 0.3 is 0 Å². The molecule has 0 amide bonds. The van der Waals surface area contributed by atoms with Crippen molar-refractivity contribution in [2.45, 2.75) is 13.8 Å². The normalized spacial score (nSPS) is 10.6. The van der Waals surface area contributed by atoms with E-state index in [-0.39, 0.29) is 5.82 Å². The zero-order chi connectivity index (χ0) is 14.8. The van der Waals surface area contributed by atoms with Gasteiger partial charge in [0.1, 0.15) is 5.82 Å². The van der Waals surface area contributed by atoms with Crippen LogP contribution < -0.4 is 0 Å². The van der Waals surface area contributed by atoms with Crippen molar-refractivity contribution in [3.8, 4) is 22.5 Å². The average Bonchev–Trinajstić information content (AvgIpc) is 2.51. The molecule has 2 nitrogen and oxygen atoms in total. The van der Waals surface area contributed by atoms with E-state index in [2.05, 4.69) is 9.97 Å². The summed E-state index contributed by atoms with van der Waals surface area (Å²) in [5.41, 5.74) is 4.72. The molecule has 0 unspecified atom stereocenters. The fourth-order valence-corrected chi connectivity index (χ4v) is 2.18. The lowest BCUT2D eigenvalue weighted by Gasteiger charge is -2.06. The smallest absolute Gasteiger partial charge is 0.159 e. The lowest BCUT2D eigenvalue weighted by molar-refractivity contribution is 0.619. The molecule has 21 heavy (non-hydrogen) atoms. The van der Waals surface area contributed by atoms with E-state index in [9.17, 15) is 4.39 Å². The SMILES string of the molecule is Cc1cnc(-c2ccc(-c3ccc(F)c(C)c3)cc2)nc1. The lowest BCUT2D eigenvalue weighted by Crippen LogP contribution is -1.89. The van der Waals surface area contributed by atoms with Crippen molar-refractivity contribution >= 4 is 0 Å². The van der Waals surface area contributed by atoms with E-state index in [0.29, 0.717) is 11.4 Å². The topological polar surface area (TPSA) is 25.8 Å². The van der Waals surface area contributed by atoms with E-state index >= 15 is 0 Å². The van der Waals surface area contributed by atoms with Gasteiger partial charge in [-0.2, -0.15) is 0 Å². The van der Waals surface area contributed by atoms with Crippen LogP contribution >= 0.6 is 0 Å². The van der Waals surface area contributed by atoms with Crippen molar-refractivity contribution in [3.63, 3.8) is 0 Å². The highest BCUT2D eigenvalue weighted by molar-refractivity contribution is 5.68. The Balaban J connectivity index is 1.93. The number of rotatable bonds is 2. The van der Waals surface area contributed by atoms with Gasteiger partial charge in [0.15, 0.2) is 5.82 Å². The highest BCUT2D eigenvalue weighted by atomic mass is 19.1. The van der Waals surface area contributed by atoms with E-state index in [1.54, 1.807) is 25.4 Å². The van der Waals surface area contributed by atoms with Gasteiger partial charge in [-0.3, -0.25) is 0 Å².